The number of Topliss-reactive ketones (excluding diaryl/α,β-unsaturated/α-hetero) is 1. The maximum Gasteiger partial charge on any atom is 0.379 e. The molecule has 98 valence electrons. The Balaban J connectivity index is 3.47. The van der Waals surface area contributed by atoms with Gasteiger partial charge in [0.2, 0.25) is 0 Å². The van der Waals surface area contributed by atoms with Gasteiger partial charge in [0.1, 0.15) is 0 Å². The van der Waals surface area contributed by atoms with Crippen molar-refractivity contribution in [1.82, 2.24) is 0 Å². The third-order valence-electron chi connectivity index (χ3n) is 2.47. The molecule has 0 bridgehead atoms. The molecule has 0 aliphatic heterocycles. The van der Waals surface area contributed by atoms with Crippen molar-refractivity contribution in [1.29, 1.82) is 0 Å². The number of hydrogen-bond donors (Lipinski definition) is 0. The van der Waals surface area contributed by atoms with Crippen molar-refractivity contribution in [2.24, 2.45) is 0 Å². The van der Waals surface area contributed by atoms with Crippen LogP contribution in [0.2, 0.25) is 0 Å². The average molecular weight is 270 g/mol. The third-order valence-corrected chi connectivity index (χ3v) is 4.25. The van der Waals surface area contributed by atoms with Gasteiger partial charge in [0.25, 0.3) is 5.78 Å². The molecule has 0 N–H and O–H groups in total. The van der Waals surface area contributed by atoms with Gasteiger partial charge in [0.15, 0.2) is 9.84 Å². The molecule has 0 fully saturated rings. The summed E-state index contributed by atoms with van der Waals surface area (Å²) in [7, 11) is -2.49. The maximum absolute atomic E-state index is 11.8. The van der Waals surface area contributed by atoms with E-state index in [4.69, 9.17) is 0 Å². The van der Waals surface area contributed by atoms with Gasteiger partial charge in [-0.2, -0.15) is 0 Å². The summed E-state index contributed by atoms with van der Waals surface area (Å²) in [5.74, 6) is -2.17. The molecule has 1 rings (SSSR count). The van der Waals surface area contributed by atoms with Gasteiger partial charge >= 0.3 is 5.97 Å². The van der Waals surface area contributed by atoms with Crippen LogP contribution in [0.1, 0.15) is 22.8 Å². The van der Waals surface area contributed by atoms with Crippen LogP contribution in [-0.4, -0.2) is 33.0 Å². The number of esters is 1. The van der Waals surface area contributed by atoms with E-state index < -0.39 is 21.6 Å². The quantitative estimate of drug-likeness (QED) is 0.466. The van der Waals surface area contributed by atoms with Crippen molar-refractivity contribution in [3.05, 3.63) is 29.3 Å². The minimum atomic E-state index is -3.56. The first-order chi connectivity index (χ1) is 8.33. The Morgan fingerprint density at radius 3 is 2.39 bits per heavy atom. The first-order valence-electron chi connectivity index (χ1n) is 5.29. The van der Waals surface area contributed by atoms with Crippen LogP contribution in [0.5, 0.6) is 0 Å². The van der Waals surface area contributed by atoms with Crippen LogP contribution in [0.25, 0.3) is 0 Å². The number of aryl methyl sites for hydroxylation is 1. The summed E-state index contributed by atoms with van der Waals surface area (Å²) in [6.07, 6.45) is 0. The number of carbonyl (C=O) groups excluding carboxylic acids is 2. The third kappa shape index (κ3) is 2.76. The highest BCUT2D eigenvalue weighted by Gasteiger charge is 2.25. The van der Waals surface area contributed by atoms with Crippen molar-refractivity contribution >= 4 is 21.6 Å². The van der Waals surface area contributed by atoms with E-state index in [-0.39, 0.29) is 16.2 Å². The van der Waals surface area contributed by atoms with E-state index in [1.54, 1.807) is 13.0 Å². The van der Waals surface area contributed by atoms with E-state index in [1.165, 1.54) is 19.1 Å². The summed E-state index contributed by atoms with van der Waals surface area (Å²) >= 11 is 0. The smallest absolute Gasteiger partial charge is 0.379 e. The largest absolute Gasteiger partial charge is 0.463 e. The number of ether oxygens (including phenoxy) is 1. The van der Waals surface area contributed by atoms with E-state index in [0.717, 1.165) is 7.11 Å². The first kappa shape index (κ1) is 14.4. The minimum absolute atomic E-state index is 0.133. The van der Waals surface area contributed by atoms with E-state index >= 15 is 0 Å². The Bertz CT molecular complexity index is 586. The Labute approximate surface area is 106 Å². The number of methoxy groups -OCH3 is 1. The van der Waals surface area contributed by atoms with Crippen LogP contribution in [0, 0.1) is 6.92 Å². The monoisotopic (exact) mass is 270 g/mol. The molecule has 6 heteroatoms. The molecular weight excluding hydrogens is 256 g/mol. The zero-order chi connectivity index (χ0) is 13.9. The first-order valence-corrected chi connectivity index (χ1v) is 6.94. The van der Waals surface area contributed by atoms with Crippen molar-refractivity contribution in [2.45, 2.75) is 18.7 Å². The highest BCUT2D eigenvalue weighted by Crippen LogP contribution is 2.19. The maximum atomic E-state index is 11.8. The Hall–Kier alpha value is -1.69. The Morgan fingerprint density at radius 2 is 1.89 bits per heavy atom. The van der Waals surface area contributed by atoms with Crippen LogP contribution < -0.4 is 0 Å². The highest BCUT2D eigenvalue weighted by atomic mass is 32.2. The summed E-state index contributed by atoms with van der Waals surface area (Å²) in [6.45, 7) is 3.18. The molecule has 0 heterocycles. The topological polar surface area (TPSA) is 77.5 Å². The second-order valence-corrected chi connectivity index (χ2v) is 5.97. The lowest BCUT2D eigenvalue weighted by Crippen LogP contribution is -2.19. The second kappa shape index (κ2) is 5.30. The van der Waals surface area contributed by atoms with Gasteiger partial charge in [-0.3, -0.25) is 4.79 Å². The summed E-state index contributed by atoms with van der Waals surface area (Å²) in [4.78, 5) is 22.9. The van der Waals surface area contributed by atoms with E-state index in [1.807, 2.05) is 0 Å². The molecule has 0 saturated heterocycles. The molecule has 18 heavy (non-hydrogen) atoms. The van der Waals surface area contributed by atoms with Gasteiger partial charge in [-0.1, -0.05) is 18.6 Å². The zero-order valence-electron chi connectivity index (χ0n) is 10.4. The Morgan fingerprint density at radius 1 is 1.28 bits per heavy atom. The fourth-order valence-corrected chi connectivity index (χ4v) is 2.52. The predicted octanol–water partition coefficient (Wildman–Crippen LogP) is 1.14. The lowest BCUT2D eigenvalue weighted by molar-refractivity contribution is -0.135. The van der Waals surface area contributed by atoms with Crippen molar-refractivity contribution in [3.63, 3.8) is 0 Å². The number of carbonyl (C=O) groups is 2. The van der Waals surface area contributed by atoms with Crippen LogP contribution in [0.3, 0.4) is 0 Å². The second-order valence-electron chi connectivity index (χ2n) is 3.72. The number of ketones is 1. The van der Waals surface area contributed by atoms with Gasteiger partial charge < -0.3 is 4.74 Å². The van der Waals surface area contributed by atoms with Crippen molar-refractivity contribution in [2.75, 3.05) is 12.9 Å². The summed E-state index contributed by atoms with van der Waals surface area (Å²) in [5, 5.41) is 0. The predicted molar refractivity (Wildman–Crippen MR) is 65.3 cm³/mol. The van der Waals surface area contributed by atoms with Crippen LogP contribution in [-0.2, 0) is 19.4 Å². The molecule has 0 amide bonds. The normalized spacial score (nSPS) is 11.1. The summed E-state index contributed by atoms with van der Waals surface area (Å²) < 4.78 is 28.0. The van der Waals surface area contributed by atoms with Gasteiger partial charge in [-0.15, -0.1) is 0 Å². The molecule has 5 nitrogen and oxygen atoms in total. The molecule has 0 unspecified atom stereocenters. The highest BCUT2D eigenvalue weighted by molar-refractivity contribution is 7.91. The minimum Gasteiger partial charge on any atom is -0.463 e. The lowest BCUT2D eigenvalue weighted by Gasteiger charge is -2.08. The standard InChI is InChI=1S/C12H14O5S/c1-4-18(15,16)10-6-5-8(2)7-9(10)11(13)12(14)17-3/h5-7H,4H2,1-3H3. The molecule has 0 saturated carbocycles. The van der Waals surface area contributed by atoms with Crippen LogP contribution in [0.4, 0.5) is 0 Å². The number of hydrogen-bond acceptors (Lipinski definition) is 5. The van der Waals surface area contributed by atoms with Gasteiger partial charge in [0.05, 0.1) is 17.8 Å². The van der Waals surface area contributed by atoms with E-state index in [9.17, 15) is 18.0 Å². The molecule has 1 aromatic carbocycles. The van der Waals surface area contributed by atoms with Crippen LogP contribution in [0.15, 0.2) is 23.1 Å². The molecule has 0 aromatic heterocycles. The SMILES string of the molecule is CCS(=O)(=O)c1ccc(C)cc1C(=O)C(=O)OC. The fourth-order valence-electron chi connectivity index (χ4n) is 1.45. The fraction of sp³-hybridized carbons (Fsp3) is 0.333. The van der Waals surface area contributed by atoms with Gasteiger partial charge in [-0.05, 0) is 19.1 Å². The molecular formula is C12H14O5S. The zero-order valence-corrected chi connectivity index (χ0v) is 11.2. The summed E-state index contributed by atoms with van der Waals surface area (Å²) in [6, 6.07) is 4.29. The molecule has 0 aliphatic carbocycles. The Kier molecular flexibility index (Phi) is 4.24. The van der Waals surface area contributed by atoms with Gasteiger partial charge in [-0.25, -0.2) is 13.2 Å². The summed E-state index contributed by atoms with van der Waals surface area (Å²) in [5.41, 5.74) is 0.556. The van der Waals surface area contributed by atoms with E-state index in [0.29, 0.717) is 5.56 Å². The van der Waals surface area contributed by atoms with Crippen LogP contribution >= 0.6 is 0 Å². The average Bonchev–Trinajstić information content (AvgIpc) is 2.36. The lowest BCUT2D eigenvalue weighted by atomic mass is 10.1. The number of sulfone groups is 1. The molecule has 1 aromatic rings. The van der Waals surface area contributed by atoms with Crippen molar-refractivity contribution < 1.29 is 22.7 Å². The molecule has 0 atom stereocenters. The number of benzene rings is 1. The van der Waals surface area contributed by atoms with Crippen molar-refractivity contribution in [3.8, 4) is 0 Å². The molecule has 0 radical (unpaired) electrons. The number of rotatable bonds is 4. The van der Waals surface area contributed by atoms with Gasteiger partial charge in [0, 0.05) is 5.56 Å². The molecule has 0 spiro atoms. The van der Waals surface area contributed by atoms with E-state index in [2.05, 4.69) is 4.74 Å². The molecule has 0 aliphatic rings.